The Bertz CT molecular complexity index is 1340. The summed E-state index contributed by atoms with van der Waals surface area (Å²) >= 11 is 0. The number of para-hydroxylation sites is 1. The van der Waals surface area contributed by atoms with Crippen molar-refractivity contribution >= 4 is 12.0 Å². The van der Waals surface area contributed by atoms with Crippen LogP contribution in [0.2, 0.25) is 0 Å². The molecule has 2 aromatic carbocycles. The second-order valence-electron chi connectivity index (χ2n) is 9.11. The van der Waals surface area contributed by atoms with Crippen LogP contribution in [0.15, 0.2) is 91.4 Å². The molecule has 0 N–H and O–H groups in total. The zero-order valence-electron chi connectivity index (χ0n) is 21.0. The number of pyridine rings is 1. The van der Waals surface area contributed by atoms with E-state index in [4.69, 9.17) is 9.84 Å². The zero-order valence-corrected chi connectivity index (χ0v) is 21.0. The van der Waals surface area contributed by atoms with Gasteiger partial charge in [-0.25, -0.2) is 0 Å². The lowest BCUT2D eigenvalue weighted by Crippen LogP contribution is -2.47. The van der Waals surface area contributed by atoms with Gasteiger partial charge in [0.15, 0.2) is 0 Å². The van der Waals surface area contributed by atoms with E-state index in [2.05, 4.69) is 22.0 Å². The van der Waals surface area contributed by atoms with E-state index in [1.54, 1.807) is 13.2 Å². The molecule has 0 atom stereocenters. The molecular formula is C30H31N5O2. The molecule has 0 saturated carbocycles. The number of piperazine rings is 1. The lowest BCUT2D eigenvalue weighted by Gasteiger charge is -2.34. The molecule has 0 bridgehead atoms. The Morgan fingerprint density at radius 3 is 2.35 bits per heavy atom. The molecule has 3 heterocycles. The number of methoxy groups -OCH3 is 1. The van der Waals surface area contributed by atoms with Crippen LogP contribution in [0.3, 0.4) is 0 Å². The topological polar surface area (TPSA) is 63.5 Å². The second kappa shape index (κ2) is 11.7. The van der Waals surface area contributed by atoms with Gasteiger partial charge in [0.2, 0.25) is 5.91 Å². The van der Waals surface area contributed by atoms with Crippen LogP contribution in [0.25, 0.3) is 17.3 Å². The third kappa shape index (κ3) is 6.13. The van der Waals surface area contributed by atoms with Crippen LogP contribution in [-0.2, 0) is 17.9 Å². The van der Waals surface area contributed by atoms with Gasteiger partial charge in [0.1, 0.15) is 11.4 Å². The van der Waals surface area contributed by atoms with E-state index in [0.29, 0.717) is 19.6 Å². The molecule has 0 aliphatic carbocycles. The maximum atomic E-state index is 13.1. The van der Waals surface area contributed by atoms with E-state index in [9.17, 15) is 4.79 Å². The third-order valence-corrected chi connectivity index (χ3v) is 6.58. The average Bonchev–Trinajstić information content (AvgIpc) is 3.35. The van der Waals surface area contributed by atoms with Crippen LogP contribution >= 0.6 is 0 Å². The summed E-state index contributed by atoms with van der Waals surface area (Å²) < 4.78 is 7.51. The van der Waals surface area contributed by atoms with Crippen LogP contribution < -0.4 is 4.74 Å². The Hall–Kier alpha value is -4.23. The molecule has 0 unspecified atom stereocenters. The van der Waals surface area contributed by atoms with Gasteiger partial charge in [0.05, 0.1) is 13.7 Å². The summed E-state index contributed by atoms with van der Waals surface area (Å²) in [6.45, 7) is 4.64. The number of hydrogen-bond donors (Lipinski definition) is 0. The molecule has 188 valence electrons. The quantitative estimate of drug-likeness (QED) is 0.341. The lowest BCUT2D eigenvalue weighted by atomic mass is 10.1. The van der Waals surface area contributed by atoms with Gasteiger partial charge in [0, 0.05) is 68.5 Å². The summed E-state index contributed by atoms with van der Waals surface area (Å²) in [5.74, 6) is 0.768. The van der Waals surface area contributed by atoms with Gasteiger partial charge in [-0.15, -0.1) is 0 Å². The van der Waals surface area contributed by atoms with Crippen LogP contribution in [-0.4, -0.2) is 63.8 Å². The number of aromatic nitrogens is 3. The highest BCUT2D eigenvalue weighted by molar-refractivity contribution is 5.93. The van der Waals surface area contributed by atoms with Crippen molar-refractivity contribution in [3.63, 3.8) is 0 Å². The number of rotatable bonds is 8. The zero-order chi connectivity index (χ0) is 25.5. The smallest absolute Gasteiger partial charge is 0.246 e. The number of benzene rings is 2. The predicted molar refractivity (Wildman–Crippen MR) is 145 cm³/mol. The highest BCUT2D eigenvalue weighted by atomic mass is 16.5. The Balaban J connectivity index is 1.31. The molecule has 2 aromatic heterocycles. The summed E-state index contributed by atoms with van der Waals surface area (Å²) in [5, 5.41) is 4.87. The fourth-order valence-corrected chi connectivity index (χ4v) is 4.60. The molecule has 4 aromatic rings. The molecule has 1 aliphatic rings. The van der Waals surface area contributed by atoms with Crippen molar-refractivity contribution in [2.24, 2.45) is 0 Å². The van der Waals surface area contributed by atoms with E-state index >= 15 is 0 Å². The van der Waals surface area contributed by atoms with Gasteiger partial charge in [0.25, 0.3) is 0 Å². The molecule has 37 heavy (non-hydrogen) atoms. The minimum absolute atomic E-state index is 0.0188. The molecule has 1 aliphatic heterocycles. The van der Waals surface area contributed by atoms with Gasteiger partial charge in [-0.1, -0.05) is 42.5 Å². The maximum absolute atomic E-state index is 13.1. The molecule has 1 fully saturated rings. The van der Waals surface area contributed by atoms with E-state index in [1.165, 1.54) is 5.56 Å². The van der Waals surface area contributed by atoms with Crippen LogP contribution in [0.5, 0.6) is 5.75 Å². The molecule has 0 spiro atoms. The van der Waals surface area contributed by atoms with E-state index in [0.717, 1.165) is 47.8 Å². The second-order valence-corrected chi connectivity index (χ2v) is 9.11. The van der Waals surface area contributed by atoms with Crippen molar-refractivity contribution < 1.29 is 9.53 Å². The summed E-state index contributed by atoms with van der Waals surface area (Å²) in [6.07, 6.45) is 9.18. The predicted octanol–water partition coefficient (Wildman–Crippen LogP) is 4.36. The Kier molecular flexibility index (Phi) is 7.72. The van der Waals surface area contributed by atoms with Crippen molar-refractivity contribution in [2.75, 3.05) is 33.3 Å². The molecule has 0 radical (unpaired) electrons. The first-order valence-corrected chi connectivity index (χ1v) is 12.5. The number of ether oxygens (including phenoxy) is 1. The lowest BCUT2D eigenvalue weighted by molar-refractivity contribution is -0.127. The molecule has 7 nitrogen and oxygen atoms in total. The maximum Gasteiger partial charge on any atom is 0.246 e. The molecule has 5 rings (SSSR count). The van der Waals surface area contributed by atoms with Gasteiger partial charge in [-0.2, -0.15) is 5.10 Å². The summed E-state index contributed by atoms with van der Waals surface area (Å²) in [4.78, 5) is 21.4. The van der Waals surface area contributed by atoms with Gasteiger partial charge >= 0.3 is 0 Å². The number of hydrogen-bond acceptors (Lipinski definition) is 5. The van der Waals surface area contributed by atoms with Crippen molar-refractivity contribution in [3.05, 3.63) is 108 Å². The first-order chi connectivity index (χ1) is 18.2. The number of amides is 1. The summed E-state index contributed by atoms with van der Waals surface area (Å²) in [6, 6.07) is 22.1. The van der Waals surface area contributed by atoms with Crippen LogP contribution in [0.4, 0.5) is 0 Å². The first kappa shape index (κ1) is 24.5. The van der Waals surface area contributed by atoms with Crippen molar-refractivity contribution in [2.45, 2.75) is 13.1 Å². The number of carbonyl (C=O) groups excluding carboxylic acids is 1. The van der Waals surface area contributed by atoms with Gasteiger partial charge in [-0.3, -0.25) is 19.4 Å². The van der Waals surface area contributed by atoms with Gasteiger partial charge in [-0.05, 0) is 41.5 Å². The van der Waals surface area contributed by atoms with E-state index < -0.39 is 0 Å². The Morgan fingerprint density at radius 1 is 0.892 bits per heavy atom. The van der Waals surface area contributed by atoms with Crippen LogP contribution in [0, 0.1) is 0 Å². The fraction of sp³-hybridized carbons (Fsp3) is 0.233. The third-order valence-electron chi connectivity index (χ3n) is 6.58. The molecule has 1 saturated heterocycles. The van der Waals surface area contributed by atoms with E-state index in [-0.39, 0.29) is 5.91 Å². The SMILES string of the molecule is COc1ccccc1-c1nn(Cc2ccccc2)cc1/C=C/C(=O)N1CCN(Cc2ccncc2)CC1. The molecular weight excluding hydrogens is 462 g/mol. The normalized spacial score (nSPS) is 14.2. The Labute approximate surface area is 217 Å². The largest absolute Gasteiger partial charge is 0.496 e. The average molecular weight is 494 g/mol. The van der Waals surface area contributed by atoms with Crippen LogP contribution in [0.1, 0.15) is 16.7 Å². The fourth-order valence-electron chi connectivity index (χ4n) is 4.60. The van der Waals surface area contributed by atoms with Crippen molar-refractivity contribution in [1.82, 2.24) is 24.6 Å². The summed E-state index contributed by atoms with van der Waals surface area (Å²) in [7, 11) is 1.66. The number of carbonyl (C=O) groups is 1. The highest BCUT2D eigenvalue weighted by Gasteiger charge is 2.20. The summed E-state index contributed by atoms with van der Waals surface area (Å²) in [5.41, 5.74) is 4.97. The van der Waals surface area contributed by atoms with E-state index in [1.807, 2.05) is 88.8 Å². The molecule has 1 amide bonds. The first-order valence-electron chi connectivity index (χ1n) is 12.5. The standard InChI is InChI=1S/C30H31N5O2/c1-37-28-10-6-5-9-27(28)30-26(23-35(32-30)22-24-7-3-2-4-8-24)11-12-29(36)34-19-17-33(18-20-34)21-25-13-15-31-16-14-25/h2-16,23H,17-22H2,1H3/b12-11+. The van der Waals surface area contributed by atoms with Gasteiger partial charge < -0.3 is 9.64 Å². The minimum Gasteiger partial charge on any atom is -0.496 e. The Morgan fingerprint density at radius 2 is 1.59 bits per heavy atom. The minimum atomic E-state index is 0.0188. The highest BCUT2D eigenvalue weighted by Crippen LogP contribution is 2.32. The van der Waals surface area contributed by atoms with Crippen molar-refractivity contribution in [3.8, 4) is 17.0 Å². The number of nitrogens with zero attached hydrogens (tertiary/aromatic N) is 5. The monoisotopic (exact) mass is 493 g/mol. The van der Waals surface area contributed by atoms with Crippen molar-refractivity contribution in [1.29, 1.82) is 0 Å². The molecule has 7 heteroatoms.